The summed E-state index contributed by atoms with van der Waals surface area (Å²) in [6, 6.07) is 1.43. The zero-order chi connectivity index (χ0) is 13.1. The van der Waals surface area contributed by atoms with Gasteiger partial charge in [-0.2, -0.15) is 0 Å². The quantitative estimate of drug-likeness (QED) is 0.789. The van der Waals surface area contributed by atoms with Gasteiger partial charge in [-0.25, -0.2) is 0 Å². The zero-order valence-electron chi connectivity index (χ0n) is 12.6. The summed E-state index contributed by atoms with van der Waals surface area (Å²) in [4.78, 5) is 4.74. The van der Waals surface area contributed by atoms with E-state index in [1.807, 2.05) is 0 Å². The van der Waals surface area contributed by atoms with Gasteiger partial charge >= 0.3 is 0 Å². The van der Waals surface area contributed by atoms with Crippen LogP contribution in [0.15, 0.2) is 0 Å². The second-order valence-corrected chi connectivity index (χ2v) is 6.83. The molecule has 1 heterocycles. The van der Waals surface area contributed by atoms with Gasteiger partial charge in [0.15, 0.2) is 0 Å². The van der Waals surface area contributed by atoms with Crippen LogP contribution < -0.4 is 5.32 Å². The molecule has 1 aliphatic rings. The Morgan fingerprint density at radius 3 is 2.53 bits per heavy atom. The number of hydrogen-bond donors (Lipinski definition) is 1. The third kappa shape index (κ3) is 5.36. The number of piperidine rings is 1. The Hall–Kier alpha value is -0.120. The van der Waals surface area contributed by atoms with Crippen LogP contribution in [0.5, 0.6) is 0 Å². The van der Waals surface area contributed by atoms with Crippen LogP contribution in [0.25, 0.3) is 0 Å². The third-order valence-corrected chi connectivity index (χ3v) is 3.82. The maximum absolute atomic E-state index is 3.76. The molecule has 0 aromatic carbocycles. The Kier molecular flexibility index (Phi) is 5.42. The van der Waals surface area contributed by atoms with Gasteiger partial charge in [0.25, 0.3) is 0 Å². The topological polar surface area (TPSA) is 18.5 Å². The first-order chi connectivity index (χ1) is 7.80. The lowest BCUT2D eigenvalue weighted by atomic mass is 9.91. The molecule has 0 spiro atoms. The normalized spacial score (nSPS) is 27.7. The third-order valence-electron chi connectivity index (χ3n) is 3.82. The Morgan fingerprint density at radius 2 is 2.00 bits per heavy atom. The summed E-state index contributed by atoms with van der Waals surface area (Å²) in [6.45, 7) is 10.5. The molecule has 1 saturated heterocycles. The number of hydrogen-bond acceptors (Lipinski definition) is 3. The van der Waals surface area contributed by atoms with E-state index in [4.69, 9.17) is 0 Å². The predicted molar refractivity (Wildman–Crippen MR) is 75.5 cm³/mol. The fourth-order valence-electron chi connectivity index (χ4n) is 2.81. The van der Waals surface area contributed by atoms with Crippen molar-refractivity contribution >= 4 is 0 Å². The molecule has 0 amide bonds. The summed E-state index contributed by atoms with van der Waals surface area (Å²) in [6.07, 6.45) is 2.58. The van der Waals surface area contributed by atoms with Crippen LogP contribution in [-0.2, 0) is 0 Å². The van der Waals surface area contributed by atoms with E-state index in [2.05, 4.69) is 57.0 Å². The lowest BCUT2D eigenvalue weighted by Gasteiger charge is -2.37. The van der Waals surface area contributed by atoms with Crippen LogP contribution in [0.1, 0.15) is 33.6 Å². The Balaban J connectivity index is 2.31. The van der Waals surface area contributed by atoms with Gasteiger partial charge in [0, 0.05) is 25.2 Å². The summed E-state index contributed by atoms with van der Waals surface area (Å²) in [5.74, 6) is 0. The number of likely N-dealkylation sites (tertiary alicyclic amines) is 1. The van der Waals surface area contributed by atoms with Crippen LogP contribution >= 0.6 is 0 Å². The highest BCUT2D eigenvalue weighted by Gasteiger charge is 2.25. The van der Waals surface area contributed by atoms with Crippen molar-refractivity contribution in [3.63, 3.8) is 0 Å². The van der Waals surface area contributed by atoms with Gasteiger partial charge < -0.3 is 15.1 Å². The summed E-state index contributed by atoms with van der Waals surface area (Å²) >= 11 is 0. The van der Waals surface area contributed by atoms with Gasteiger partial charge in [-0.3, -0.25) is 0 Å². The largest absolute Gasteiger partial charge is 0.313 e. The molecule has 102 valence electrons. The molecular weight excluding hydrogens is 210 g/mol. The van der Waals surface area contributed by atoms with Crippen molar-refractivity contribution in [2.75, 3.05) is 40.8 Å². The van der Waals surface area contributed by atoms with E-state index >= 15 is 0 Å². The molecule has 0 aromatic heterocycles. The fraction of sp³-hybridized carbons (Fsp3) is 1.00. The summed E-state index contributed by atoms with van der Waals surface area (Å²) in [7, 11) is 6.54. The SMILES string of the molecule is CC1CC(NCC(C)(C)CN(C)C)CCN1C. The second-order valence-electron chi connectivity index (χ2n) is 6.83. The first kappa shape index (κ1) is 14.9. The van der Waals surface area contributed by atoms with Gasteiger partial charge in [0.1, 0.15) is 0 Å². The minimum atomic E-state index is 0.357. The molecule has 1 rings (SSSR count). The highest BCUT2D eigenvalue weighted by molar-refractivity contribution is 4.84. The standard InChI is InChI=1S/C14H31N3/c1-12-9-13(7-8-17(12)6)15-10-14(2,3)11-16(4)5/h12-13,15H,7-11H2,1-6H3. The summed E-state index contributed by atoms with van der Waals surface area (Å²) in [5.41, 5.74) is 0.357. The van der Waals surface area contributed by atoms with Crippen molar-refractivity contribution in [2.24, 2.45) is 5.41 Å². The Bertz CT molecular complexity index is 226. The van der Waals surface area contributed by atoms with Crippen LogP contribution in [0.4, 0.5) is 0 Å². The van der Waals surface area contributed by atoms with Crippen LogP contribution in [-0.4, -0.2) is 62.7 Å². The van der Waals surface area contributed by atoms with E-state index in [1.165, 1.54) is 19.4 Å². The monoisotopic (exact) mass is 241 g/mol. The maximum Gasteiger partial charge on any atom is 0.00942 e. The van der Waals surface area contributed by atoms with Crippen LogP contribution in [0, 0.1) is 5.41 Å². The second kappa shape index (κ2) is 6.17. The van der Waals surface area contributed by atoms with Crippen molar-refractivity contribution in [3.05, 3.63) is 0 Å². The van der Waals surface area contributed by atoms with Gasteiger partial charge in [-0.1, -0.05) is 13.8 Å². The molecule has 0 saturated carbocycles. The molecule has 3 heteroatoms. The van der Waals surface area contributed by atoms with E-state index in [9.17, 15) is 0 Å². The average Bonchev–Trinajstić information content (AvgIpc) is 2.18. The molecule has 2 atom stereocenters. The highest BCUT2D eigenvalue weighted by atomic mass is 15.1. The smallest absolute Gasteiger partial charge is 0.00942 e. The first-order valence-electron chi connectivity index (χ1n) is 6.88. The van der Waals surface area contributed by atoms with Crippen LogP contribution in [0.2, 0.25) is 0 Å². The highest BCUT2D eigenvalue weighted by Crippen LogP contribution is 2.18. The van der Waals surface area contributed by atoms with Crippen molar-refractivity contribution in [1.82, 2.24) is 15.1 Å². The zero-order valence-corrected chi connectivity index (χ0v) is 12.6. The van der Waals surface area contributed by atoms with Gasteiger partial charge in [0.05, 0.1) is 0 Å². The lowest BCUT2D eigenvalue weighted by molar-refractivity contribution is 0.154. The molecule has 0 aliphatic carbocycles. The molecule has 2 unspecified atom stereocenters. The first-order valence-corrected chi connectivity index (χ1v) is 6.88. The predicted octanol–water partition coefficient (Wildman–Crippen LogP) is 1.65. The molecule has 1 N–H and O–H groups in total. The molecule has 0 radical (unpaired) electrons. The maximum atomic E-state index is 3.76. The number of nitrogens with zero attached hydrogens (tertiary/aromatic N) is 2. The minimum absolute atomic E-state index is 0.357. The van der Waals surface area contributed by atoms with E-state index in [-0.39, 0.29) is 0 Å². The number of rotatable bonds is 5. The molecule has 17 heavy (non-hydrogen) atoms. The van der Waals surface area contributed by atoms with Crippen molar-refractivity contribution in [3.8, 4) is 0 Å². The van der Waals surface area contributed by atoms with E-state index in [0.29, 0.717) is 11.5 Å². The van der Waals surface area contributed by atoms with Crippen LogP contribution in [0.3, 0.4) is 0 Å². The van der Waals surface area contributed by atoms with E-state index < -0.39 is 0 Å². The van der Waals surface area contributed by atoms with Gasteiger partial charge in [-0.15, -0.1) is 0 Å². The molecular formula is C14H31N3. The van der Waals surface area contributed by atoms with Crippen molar-refractivity contribution in [2.45, 2.75) is 45.7 Å². The summed E-state index contributed by atoms with van der Waals surface area (Å²) in [5, 5.41) is 3.76. The van der Waals surface area contributed by atoms with Gasteiger partial charge in [-0.05, 0) is 52.9 Å². The van der Waals surface area contributed by atoms with Crippen molar-refractivity contribution in [1.29, 1.82) is 0 Å². The Morgan fingerprint density at radius 1 is 1.35 bits per heavy atom. The minimum Gasteiger partial charge on any atom is -0.313 e. The molecule has 0 bridgehead atoms. The lowest BCUT2D eigenvalue weighted by Crippen LogP contribution is -2.48. The average molecular weight is 241 g/mol. The fourth-order valence-corrected chi connectivity index (χ4v) is 2.81. The van der Waals surface area contributed by atoms with E-state index in [1.54, 1.807) is 0 Å². The summed E-state index contributed by atoms with van der Waals surface area (Å²) < 4.78 is 0. The molecule has 0 aromatic rings. The Labute approximate surface area is 108 Å². The van der Waals surface area contributed by atoms with Crippen molar-refractivity contribution < 1.29 is 0 Å². The molecule has 1 fully saturated rings. The van der Waals surface area contributed by atoms with Gasteiger partial charge in [0.2, 0.25) is 0 Å². The molecule has 3 nitrogen and oxygen atoms in total. The van der Waals surface area contributed by atoms with E-state index in [0.717, 1.165) is 19.1 Å². The molecule has 1 aliphatic heterocycles. The number of nitrogens with one attached hydrogen (secondary N) is 1.